The lowest BCUT2D eigenvalue weighted by Gasteiger charge is -2.35. The molecule has 0 bridgehead atoms. The fourth-order valence-corrected chi connectivity index (χ4v) is 1.97. The molecule has 17 heavy (non-hydrogen) atoms. The van der Waals surface area contributed by atoms with Crippen molar-refractivity contribution in [2.45, 2.75) is 58.4 Å². The Balaban J connectivity index is 2.79. The zero-order valence-electron chi connectivity index (χ0n) is 11.4. The molecule has 1 aliphatic heterocycles. The molecule has 1 aliphatic rings. The van der Waals surface area contributed by atoms with Crippen LogP contribution in [-0.4, -0.2) is 41.5 Å². The molecule has 0 saturated carbocycles. The van der Waals surface area contributed by atoms with Crippen molar-refractivity contribution in [3.63, 3.8) is 0 Å². The van der Waals surface area contributed by atoms with E-state index in [1.165, 1.54) is 0 Å². The van der Waals surface area contributed by atoms with Crippen molar-refractivity contribution in [2.75, 3.05) is 13.2 Å². The number of nitrogens with zero attached hydrogens (tertiary/aromatic N) is 1. The molecule has 100 valence electrons. The maximum absolute atomic E-state index is 12.1. The average molecular weight is 244 g/mol. The highest BCUT2D eigenvalue weighted by molar-refractivity contribution is 5.69. The van der Waals surface area contributed by atoms with E-state index >= 15 is 0 Å². The summed E-state index contributed by atoms with van der Waals surface area (Å²) in [5.74, 6) is 0. The SMILES string of the molecule is CC(C)(C)OC(=O)N1C(CCN)COC1(C)C. The zero-order chi connectivity index (χ0) is 13.3. The van der Waals surface area contributed by atoms with Crippen LogP contribution in [0.2, 0.25) is 0 Å². The van der Waals surface area contributed by atoms with Crippen LogP contribution in [0, 0.1) is 0 Å². The van der Waals surface area contributed by atoms with Gasteiger partial charge in [-0.1, -0.05) is 0 Å². The van der Waals surface area contributed by atoms with Gasteiger partial charge >= 0.3 is 6.09 Å². The topological polar surface area (TPSA) is 64.8 Å². The van der Waals surface area contributed by atoms with Gasteiger partial charge in [-0.2, -0.15) is 0 Å². The van der Waals surface area contributed by atoms with Gasteiger partial charge in [-0.25, -0.2) is 4.79 Å². The van der Waals surface area contributed by atoms with Crippen LogP contribution in [0.4, 0.5) is 4.79 Å². The van der Waals surface area contributed by atoms with E-state index in [9.17, 15) is 4.79 Å². The van der Waals surface area contributed by atoms with Crippen LogP contribution in [0.5, 0.6) is 0 Å². The van der Waals surface area contributed by atoms with Crippen molar-refractivity contribution in [1.82, 2.24) is 4.90 Å². The third-order valence-corrected chi connectivity index (χ3v) is 2.66. The highest BCUT2D eigenvalue weighted by atomic mass is 16.6. The van der Waals surface area contributed by atoms with Gasteiger partial charge in [0, 0.05) is 0 Å². The molecule has 0 radical (unpaired) electrons. The normalized spacial score (nSPS) is 23.9. The molecule has 1 saturated heterocycles. The predicted molar refractivity (Wildman–Crippen MR) is 65.6 cm³/mol. The summed E-state index contributed by atoms with van der Waals surface area (Å²) in [6.45, 7) is 10.3. The predicted octanol–water partition coefficient (Wildman–Crippen LogP) is 1.71. The van der Waals surface area contributed by atoms with E-state index < -0.39 is 11.3 Å². The molecule has 1 amide bonds. The van der Waals surface area contributed by atoms with Gasteiger partial charge in [0.25, 0.3) is 0 Å². The van der Waals surface area contributed by atoms with Crippen molar-refractivity contribution in [3.8, 4) is 0 Å². The number of rotatable bonds is 2. The number of ether oxygens (including phenoxy) is 2. The average Bonchev–Trinajstić information content (AvgIpc) is 2.39. The summed E-state index contributed by atoms with van der Waals surface area (Å²) in [4.78, 5) is 13.8. The Bertz CT molecular complexity index is 284. The van der Waals surface area contributed by atoms with E-state index in [1.807, 2.05) is 34.6 Å². The van der Waals surface area contributed by atoms with Crippen molar-refractivity contribution < 1.29 is 14.3 Å². The highest BCUT2D eigenvalue weighted by Crippen LogP contribution is 2.30. The molecule has 0 aromatic carbocycles. The Hall–Kier alpha value is -0.810. The molecular formula is C12H24N2O3. The molecular weight excluding hydrogens is 220 g/mol. The van der Waals surface area contributed by atoms with Gasteiger partial charge in [0.1, 0.15) is 11.3 Å². The number of carbonyl (C=O) groups is 1. The van der Waals surface area contributed by atoms with Gasteiger partial charge in [-0.05, 0) is 47.6 Å². The van der Waals surface area contributed by atoms with E-state index in [4.69, 9.17) is 15.2 Å². The standard InChI is InChI=1S/C12H24N2O3/c1-11(2,3)17-10(15)14-9(6-7-13)8-16-12(14,4)5/h9H,6-8,13H2,1-5H3. The minimum absolute atomic E-state index is 0.00449. The van der Waals surface area contributed by atoms with Gasteiger partial charge in [-0.3, -0.25) is 4.90 Å². The van der Waals surface area contributed by atoms with Crippen LogP contribution < -0.4 is 5.73 Å². The van der Waals surface area contributed by atoms with Gasteiger partial charge in [0.2, 0.25) is 0 Å². The lowest BCUT2D eigenvalue weighted by atomic mass is 10.1. The first-order valence-electron chi connectivity index (χ1n) is 6.04. The van der Waals surface area contributed by atoms with Crippen molar-refractivity contribution in [1.29, 1.82) is 0 Å². The summed E-state index contributed by atoms with van der Waals surface area (Å²) < 4.78 is 11.0. The molecule has 0 aliphatic carbocycles. The number of amides is 1. The van der Waals surface area contributed by atoms with E-state index in [0.29, 0.717) is 13.2 Å². The Morgan fingerprint density at radius 3 is 2.59 bits per heavy atom. The third kappa shape index (κ3) is 3.57. The summed E-state index contributed by atoms with van der Waals surface area (Å²) >= 11 is 0. The minimum atomic E-state index is -0.623. The first-order valence-corrected chi connectivity index (χ1v) is 6.04. The minimum Gasteiger partial charge on any atom is -0.444 e. The van der Waals surface area contributed by atoms with E-state index in [1.54, 1.807) is 4.90 Å². The molecule has 0 aromatic rings. The molecule has 2 N–H and O–H groups in total. The van der Waals surface area contributed by atoms with Crippen molar-refractivity contribution in [2.24, 2.45) is 5.73 Å². The van der Waals surface area contributed by atoms with Crippen molar-refractivity contribution in [3.05, 3.63) is 0 Å². The molecule has 1 fully saturated rings. The number of hydrogen-bond acceptors (Lipinski definition) is 4. The quantitative estimate of drug-likeness (QED) is 0.803. The summed E-state index contributed by atoms with van der Waals surface area (Å²) in [6, 6.07) is 0.00449. The maximum Gasteiger partial charge on any atom is 0.412 e. The first kappa shape index (κ1) is 14.3. The largest absolute Gasteiger partial charge is 0.444 e. The van der Waals surface area contributed by atoms with Crippen LogP contribution in [-0.2, 0) is 9.47 Å². The van der Waals surface area contributed by atoms with Gasteiger partial charge in [-0.15, -0.1) is 0 Å². The van der Waals surface area contributed by atoms with Crippen LogP contribution in [0.3, 0.4) is 0 Å². The summed E-state index contributed by atoms with van der Waals surface area (Å²) in [5, 5.41) is 0. The van der Waals surface area contributed by atoms with Crippen LogP contribution in [0.25, 0.3) is 0 Å². The second-order valence-corrected chi connectivity index (χ2v) is 5.84. The molecule has 5 heteroatoms. The molecule has 1 unspecified atom stereocenters. The third-order valence-electron chi connectivity index (χ3n) is 2.66. The zero-order valence-corrected chi connectivity index (χ0v) is 11.4. The monoisotopic (exact) mass is 244 g/mol. The maximum atomic E-state index is 12.1. The molecule has 1 heterocycles. The molecule has 5 nitrogen and oxygen atoms in total. The summed E-state index contributed by atoms with van der Waals surface area (Å²) in [5.41, 5.74) is 4.43. The Labute approximate surface area is 103 Å². The summed E-state index contributed by atoms with van der Waals surface area (Å²) in [7, 11) is 0. The fraction of sp³-hybridized carbons (Fsp3) is 0.917. The van der Waals surface area contributed by atoms with Crippen molar-refractivity contribution >= 4 is 6.09 Å². The molecule has 0 spiro atoms. The highest BCUT2D eigenvalue weighted by Gasteiger charge is 2.45. The number of hydrogen-bond donors (Lipinski definition) is 1. The van der Waals surface area contributed by atoms with Gasteiger partial charge < -0.3 is 15.2 Å². The Kier molecular flexibility index (Phi) is 4.04. The first-order chi connectivity index (χ1) is 7.67. The van der Waals surface area contributed by atoms with E-state index in [-0.39, 0.29) is 12.1 Å². The molecule has 1 atom stereocenters. The second-order valence-electron chi connectivity index (χ2n) is 5.84. The lowest BCUT2D eigenvalue weighted by molar-refractivity contribution is -0.0625. The Morgan fingerprint density at radius 2 is 2.12 bits per heavy atom. The lowest BCUT2D eigenvalue weighted by Crippen LogP contribution is -2.50. The second kappa shape index (κ2) is 4.82. The van der Waals surface area contributed by atoms with Gasteiger partial charge in [0.05, 0.1) is 12.6 Å². The van der Waals surface area contributed by atoms with Crippen LogP contribution in [0.15, 0.2) is 0 Å². The summed E-state index contributed by atoms with van der Waals surface area (Å²) in [6.07, 6.45) is 0.390. The molecule has 1 rings (SSSR count). The van der Waals surface area contributed by atoms with E-state index in [0.717, 1.165) is 6.42 Å². The molecule has 0 aromatic heterocycles. The van der Waals surface area contributed by atoms with Gasteiger partial charge in [0.15, 0.2) is 0 Å². The smallest absolute Gasteiger partial charge is 0.412 e. The van der Waals surface area contributed by atoms with Crippen LogP contribution in [0.1, 0.15) is 41.0 Å². The number of nitrogens with two attached hydrogens (primary N) is 1. The van der Waals surface area contributed by atoms with Crippen LogP contribution >= 0.6 is 0 Å². The number of carbonyl (C=O) groups excluding carboxylic acids is 1. The van der Waals surface area contributed by atoms with E-state index in [2.05, 4.69) is 0 Å². The fourth-order valence-electron chi connectivity index (χ4n) is 1.97. The Morgan fingerprint density at radius 1 is 1.53 bits per heavy atom.